The van der Waals surface area contributed by atoms with E-state index in [0.717, 1.165) is 41.5 Å². The normalized spacial score (nSPS) is 14.3. The summed E-state index contributed by atoms with van der Waals surface area (Å²) in [6.07, 6.45) is 2.75. The summed E-state index contributed by atoms with van der Waals surface area (Å²) in [6.45, 7) is 2.07. The fraction of sp³-hybridized carbons (Fsp3) is 0.263. The van der Waals surface area contributed by atoms with Gasteiger partial charge in [0.15, 0.2) is 5.82 Å². The third-order valence-electron chi connectivity index (χ3n) is 4.43. The van der Waals surface area contributed by atoms with Crippen molar-refractivity contribution in [2.24, 2.45) is 0 Å². The average molecular weight is 355 g/mol. The molecule has 4 nitrogen and oxygen atoms in total. The maximum absolute atomic E-state index is 14.2. The first kappa shape index (κ1) is 16.2. The Morgan fingerprint density at radius 1 is 1.28 bits per heavy atom. The second-order valence-electron chi connectivity index (χ2n) is 6.02. The van der Waals surface area contributed by atoms with E-state index in [1.165, 1.54) is 6.07 Å². The molecule has 3 heterocycles. The maximum Gasteiger partial charge on any atom is 0.169 e. The minimum absolute atomic E-state index is 0.227. The van der Waals surface area contributed by atoms with Crippen LogP contribution in [0.25, 0.3) is 10.7 Å². The summed E-state index contributed by atoms with van der Waals surface area (Å²) < 4.78 is 19.5. The van der Waals surface area contributed by atoms with Gasteiger partial charge in [-0.1, -0.05) is 12.1 Å². The zero-order valence-corrected chi connectivity index (χ0v) is 14.7. The van der Waals surface area contributed by atoms with Crippen LogP contribution in [-0.2, 0) is 19.5 Å². The van der Waals surface area contributed by atoms with Crippen LogP contribution in [0, 0.1) is 5.82 Å². The molecule has 0 bridgehead atoms. The van der Waals surface area contributed by atoms with Gasteiger partial charge in [0.25, 0.3) is 0 Å². The van der Waals surface area contributed by atoms with E-state index in [1.54, 1.807) is 30.6 Å². The molecule has 25 heavy (non-hydrogen) atoms. The van der Waals surface area contributed by atoms with Crippen molar-refractivity contribution in [2.75, 3.05) is 13.7 Å². The van der Waals surface area contributed by atoms with Gasteiger partial charge in [0.2, 0.25) is 0 Å². The van der Waals surface area contributed by atoms with Crippen molar-refractivity contribution in [3.8, 4) is 16.5 Å². The van der Waals surface area contributed by atoms with Crippen LogP contribution in [0.2, 0.25) is 0 Å². The average Bonchev–Trinajstić information content (AvgIpc) is 3.17. The highest BCUT2D eigenvalue weighted by atomic mass is 32.1. The van der Waals surface area contributed by atoms with E-state index in [1.807, 2.05) is 23.7 Å². The summed E-state index contributed by atoms with van der Waals surface area (Å²) in [5, 5.41) is 2.03. The number of halogens is 1. The van der Waals surface area contributed by atoms with Gasteiger partial charge in [0.05, 0.1) is 17.7 Å². The number of benzene rings is 1. The monoisotopic (exact) mass is 355 g/mol. The highest BCUT2D eigenvalue weighted by molar-refractivity contribution is 7.13. The van der Waals surface area contributed by atoms with Gasteiger partial charge < -0.3 is 4.74 Å². The van der Waals surface area contributed by atoms with Gasteiger partial charge in [-0.05, 0) is 23.6 Å². The molecule has 0 unspecified atom stereocenters. The highest BCUT2D eigenvalue weighted by Gasteiger charge is 2.21. The number of hydrogen-bond acceptors (Lipinski definition) is 5. The number of rotatable bonds is 4. The number of ether oxygens (including phenoxy) is 1. The Balaban J connectivity index is 1.54. The molecule has 0 atom stereocenters. The van der Waals surface area contributed by atoms with Gasteiger partial charge in [0.1, 0.15) is 11.6 Å². The Labute approximate surface area is 149 Å². The Morgan fingerprint density at radius 3 is 3.00 bits per heavy atom. The number of aromatic nitrogens is 2. The van der Waals surface area contributed by atoms with Crippen molar-refractivity contribution in [2.45, 2.75) is 19.5 Å². The molecule has 4 rings (SSSR count). The third-order valence-corrected chi connectivity index (χ3v) is 5.30. The zero-order valence-electron chi connectivity index (χ0n) is 13.9. The van der Waals surface area contributed by atoms with Crippen LogP contribution in [-0.4, -0.2) is 28.5 Å². The molecule has 1 aromatic carbocycles. The molecule has 0 radical (unpaired) electrons. The second kappa shape index (κ2) is 6.90. The van der Waals surface area contributed by atoms with E-state index in [2.05, 4.69) is 9.88 Å². The van der Waals surface area contributed by atoms with Crippen molar-refractivity contribution in [3.05, 3.63) is 64.5 Å². The number of thiophene rings is 1. The second-order valence-corrected chi connectivity index (χ2v) is 6.97. The smallest absolute Gasteiger partial charge is 0.169 e. The minimum Gasteiger partial charge on any atom is -0.496 e. The van der Waals surface area contributed by atoms with E-state index in [-0.39, 0.29) is 5.82 Å². The molecule has 0 N–H and O–H groups in total. The molecule has 3 aromatic rings. The van der Waals surface area contributed by atoms with Crippen molar-refractivity contribution in [3.63, 3.8) is 0 Å². The van der Waals surface area contributed by atoms with Crippen LogP contribution >= 0.6 is 11.3 Å². The fourth-order valence-corrected chi connectivity index (χ4v) is 3.81. The van der Waals surface area contributed by atoms with Crippen LogP contribution in [0.5, 0.6) is 5.75 Å². The van der Waals surface area contributed by atoms with Gasteiger partial charge in [0, 0.05) is 43.4 Å². The maximum atomic E-state index is 14.2. The Bertz CT molecular complexity index is 882. The molecular weight excluding hydrogens is 337 g/mol. The first-order valence-corrected chi connectivity index (χ1v) is 9.05. The predicted octanol–water partition coefficient (Wildman–Crippen LogP) is 3.91. The molecular formula is C19H18FN3OS. The quantitative estimate of drug-likeness (QED) is 0.711. The Morgan fingerprint density at radius 2 is 2.20 bits per heavy atom. The Hall–Kier alpha value is -2.31. The molecule has 0 spiro atoms. The van der Waals surface area contributed by atoms with E-state index < -0.39 is 0 Å². The van der Waals surface area contributed by atoms with Gasteiger partial charge >= 0.3 is 0 Å². The molecule has 0 saturated heterocycles. The summed E-state index contributed by atoms with van der Waals surface area (Å²) in [5.74, 6) is 1.16. The number of fused-ring (bicyclic) bond motifs is 1. The minimum atomic E-state index is -0.227. The predicted molar refractivity (Wildman–Crippen MR) is 96.1 cm³/mol. The van der Waals surface area contributed by atoms with Gasteiger partial charge in [-0.2, -0.15) is 0 Å². The molecule has 2 aromatic heterocycles. The lowest BCUT2D eigenvalue weighted by molar-refractivity contribution is 0.235. The summed E-state index contributed by atoms with van der Waals surface area (Å²) >= 11 is 1.64. The molecule has 0 fully saturated rings. The molecule has 1 aliphatic heterocycles. The van der Waals surface area contributed by atoms with E-state index >= 15 is 0 Å². The standard InChI is InChI=1S/C19H18FN3OS/c1-24-17-5-2-4-15(20)14(17)12-23-8-7-16-13(11-23)10-21-19(22-16)18-6-3-9-25-18/h2-6,9-10H,7-8,11-12H2,1H3. The van der Waals surface area contributed by atoms with Crippen molar-refractivity contribution < 1.29 is 9.13 Å². The number of nitrogens with zero attached hydrogens (tertiary/aromatic N) is 3. The topological polar surface area (TPSA) is 38.2 Å². The van der Waals surface area contributed by atoms with Crippen molar-refractivity contribution >= 4 is 11.3 Å². The summed E-state index contributed by atoms with van der Waals surface area (Å²) in [5.41, 5.74) is 2.81. The Kier molecular flexibility index (Phi) is 4.46. The lowest BCUT2D eigenvalue weighted by atomic mass is 10.1. The molecule has 1 aliphatic rings. The molecule has 0 aliphatic carbocycles. The fourth-order valence-electron chi connectivity index (χ4n) is 3.14. The lowest BCUT2D eigenvalue weighted by Gasteiger charge is -2.28. The van der Waals surface area contributed by atoms with Crippen molar-refractivity contribution in [1.29, 1.82) is 0 Å². The molecule has 0 amide bonds. The van der Waals surface area contributed by atoms with Crippen LogP contribution in [0.15, 0.2) is 41.9 Å². The molecule has 6 heteroatoms. The van der Waals surface area contributed by atoms with Gasteiger partial charge in [-0.3, -0.25) is 4.90 Å². The number of hydrogen-bond donors (Lipinski definition) is 0. The van der Waals surface area contributed by atoms with Crippen LogP contribution in [0.3, 0.4) is 0 Å². The van der Waals surface area contributed by atoms with Crippen LogP contribution in [0.4, 0.5) is 4.39 Å². The molecule has 0 saturated carbocycles. The summed E-state index contributed by atoms with van der Waals surface area (Å²) in [6, 6.07) is 8.99. The highest BCUT2D eigenvalue weighted by Crippen LogP contribution is 2.27. The largest absolute Gasteiger partial charge is 0.496 e. The van der Waals surface area contributed by atoms with Crippen molar-refractivity contribution in [1.82, 2.24) is 14.9 Å². The lowest BCUT2D eigenvalue weighted by Crippen LogP contribution is -2.31. The SMILES string of the molecule is COc1cccc(F)c1CN1CCc2nc(-c3cccs3)ncc2C1. The van der Waals surface area contributed by atoms with Gasteiger partial charge in [-0.15, -0.1) is 11.3 Å². The van der Waals surface area contributed by atoms with E-state index in [4.69, 9.17) is 9.72 Å². The van der Waals surface area contributed by atoms with Gasteiger partial charge in [-0.25, -0.2) is 14.4 Å². The van der Waals surface area contributed by atoms with Crippen LogP contribution in [0.1, 0.15) is 16.8 Å². The summed E-state index contributed by atoms with van der Waals surface area (Å²) in [7, 11) is 1.57. The number of methoxy groups -OCH3 is 1. The summed E-state index contributed by atoms with van der Waals surface area (Å²) in [4.78, 5) is 12.5. The van der Waals surface area contributed by atoms with Crippen LogP contribution < -0.4 is 4.74 Å². The first-order valence-electron chi connectivity index (χ1n) is 8.17. The molecule has 128 valence electrons. The van der Waals surface area contributed by atoms with E-state index in [9.17, 15) is 4.39 Å². The zero-order chi connectivity index (χ0) is 17.2. The van der Waals surface area contributed by atoms with E-state index in [0.29, 0.717) is 17.9 Å². The third kappa shape index (κ3) is 3.27. The first-order chi connectivity index (χ1) is 12.2.